The number of amides is 1. The number of carbonyl (C=O) groups is 1. The Hall–Kier alpha value is -1.63. The Labute approximate surface area is 147 Å². The zero-order chi connectivity index (χ0) is 15.4. The lowest BCUT2D eigenvalue weighted by molar-refractivity contribution is -0.117. The number of aromatic nitrogens is 2. The molecule has 1 atom stereocenters. The lowest BCUT2D eigenvalue weighted by atomic mass is 10.0. The van der Waals surface area contributed by atoms with Gasteiger partial charge in [0, 0.05) is 18.1 Å². The number of carbonyl (C=O) groups excluding carboxylic acids is 1. The molecule has 0 aliphatic heterocycles. The maximum atomic E-state index is 14.0. The number of anilines is 1. The van der Waals surface area contributed by atoms with Gasteiger partial charge < -0.3 is 11.1 Å². The van der Waals surface area contributed by atoms with Crippen molar-refractivity contribution in [2.75, 3.05) is 5.32 Å². The molecule has 0 fully saturated rings. The lowest BCUT2D eigenvalue weighted by Crippen LogP contribution is -2.36. The van der Waals surface area contributed by atoms with Crippen LogP contribution in [0.3, 0.4) is 0 Å². The van der Waals surface area contributed by atoms with Crippen molar-refractivity contribution in [2.45, 2.75) is 26.3 Å². The number of halogens is 3. The van der Waals surface area contributed by atoms with Gasteiger partial charge >= 0.3 is 0 Å². The summed E-state index contributed by atoms with van der Waals surface area (Å²) in [6.07, 6.45) is 3.80. The van der Waals surface area contributed by atoms with E-state index < -0.39 is 11.9 Å². The Morgan fingerprint density at radius 1 is 1.39 bits per heavy atom. The van der Waals surface area contributed by atoms with Crippen LogP contribution in [0.2, 0.25) is 0 Å². The summed E-state index contributed by atoms with van der Waals surface area (Å²) in [7, 11) is 0. The fraction of sp³-hybridized carbons (Fsp3) is 0.333. The van der Waals surface area contributed by atoms with E-state index >= 15 is 0 Å². The second kappa shape index (κ2) is 9.50. The van der Waals surface area contributed by atoms with Gasteiger partial charge in [-0.3, -0.25) is 4.79 Å². The molecule has 2 rings (SSSR count). The summed E-state index contributed by atoms with van der Waals surface area (Å²) in [5.74, 6) is -0.450. The molecule has 128 valence electrons. The summed E-state index contributed by atoms with van der Waals surface area (Å²) in [5, 5.41) is 6.59. The quantitative estimate of drug-likeness (QED) is 0.857. The van der Waals surface area contributed by atoms with Gasteiger partial charge in [0.2, 0.25) is 5.91 Å². The van der Waals surface area contributed by atoms with E-state index in [0.717, 1.165) is 0 Å². The lowest BCUT2D eigenvalue weighted by Gasteiger charge is -2.14. The molecule has 0 spiro atoms. The highest BCUT2D eigenvalue weighted by atomic mass is 35.5. The summed E-state index contributed by atoms with van der Waals surface area (Å²) in [5.41, 5.74) is 6.50. The van der Waals surface area contributed by atoms with Crippen molar-refractivity contribution in [1.29, 1.82) is 0 Å². The molecule has 2 aromatic rings. The van der Waals surface area contributed by atoms with Gasteiger partial charge in [-0.05, 0) is 36.6 Å². The van der Waals surface area contributed by atoms with Gasteiger partial charge in [0.05, 0.1) is 6.04 Å². The summed E-state index contributed by atoms with van der Waals surface area (Å²) < 4.78 is 15.5. The highest BCUT2D eigenvalue weighted by Gasteiger charge is 2.16. The smallest absolute Gasteiger partial charge is 0.241 e. The molecule has 1 aromatic heterocycles. The zero-order valence-corrected chi connectivity index (χ0v) is 14.5. The van der Waals surface area contributed by atoms with Gasteiger partial charge in [0.15, 0.2) is 5.82 Å². The Kier molecular flexibility index (Phi) is 8.82. The summed E-state index contributed by atoms with van der Waals surface area (Å²) in [4.78, 5) is 11.9. The third kappa shape index (κ3) is 5.82. The first-order chi connectivity index (χ1) is 9.97. The molecule has 1 aromatic carbocycles. The average Bonchev–Trinajstić information content (AvgIpc) is 2.91. The van der Waals surface area contributed by atoms with E-state index in [2.05, 4.69) is 10.4 Å². The SMILES string of the molecule is CC(C)C[C@H](N)C(=O)Nc1ccc(-n2cccn2)c(F)c1.Cl.Cl. The average molecular weight is 363 g/mol. The van der Waals surface area contributed by atoms with Crippen LogP contribution in [0.15, 0.2) is 36.7 Å². The van der Waals surface area contributed by atoms with Crippen molar-refractivity contribution in [3.8, 4) is 5.69 Å². The molecule has 23 heavy (non-hydrogen) atoms. The molecule has 0 unspecified atom stereocenters. The Bertz CT molecular complexity index is 620. The largest absolute Gasteiger partial charge is 0.325 e. The van der Waals surface area contributed by atoms with Crippen LogP contribution in [0.5, 0.6) is 0 Å². The highest BCUT2D eigenvalue weighted by Crippen LogP contribution is 2.18. The van der Waals surface area contributed by atoms with Crippen molar-refractivity contribution >= 4 is 36.4 Å². The van der Waals surface area contributed by atoms with Crippen LogP contribution in [0.25, 0.3) is 5.69 Å². The van der Waals surface area contributed by atoms with E-state index in [1.807, 2.05) is 13.8 Å². The van der Waals surface area contributed by atoms with E-state index in [-0.39, 0.29) is 30.7 Å². The molecule has 8 heteroatoms. The maximum absolute atomic E-state index is 14.0. The van der Waals surface area contributed by atoms with Crippen LogP contribution in [0.1, 0.15) is 20.3 Å². The van der Waals surface area contributed by atoms with Gasteiger partial charge in [-0.2, -0.15) is 5.10 Å². The van der Waals surface area contributed by atoms with Crippen LogP contribution in [-0.4, -0.2) is 21.7 Å². The van der Waals surface area contributed by atoms with Crippen molar-refractivity contribution in [2.24, 2.45) is 11.7 Å². The van der Waals surface area contributed by atoms with E-state index in [4.69, 9.17) is 5.73 Å². The molecule has 0 aliphatic carbocycles. The molecule has 1 amide bonds. The fourth-order valence-corrected chi connectivity index (χ4v) is 2.03. The molecular formula is C15H21Cl2FN4O. The molecule has 0 radical (unpaired) electrons. The summed E-state index contributed by atoms with van der Waals surface area (Å²) in [6, 6.07) is 5.56. The number of nitrogens with one attached hydrogen (secondary N) is 1. The molecular weight excluding hydrogens is 342 g/mol. The minimum absolute atomic E-state index is 0. The second-order valence-corrected chi connectivity index (χ2v) is 5.34. The monoisotopic (exact) mass is 362 g/mol. The third-order valence-corrected chi connectivity index (χ3v) is 3.03. The van der Waals surface area contributed by atoms with Crippen LogP contribution in [0.4, 0.5) is 10.1 Å². The molecule has 0 saturated heterocycles. The van der Waals surface area contributed by atoms with Gasteiger partial charge in [0.1, 0.15) is 5.69 Å². The van der Waals surface area contributed by atoms with E-state index in [1.165, 1.54) is 10.7 Å². The van der Waals surface area contributed by atoms with E-state index in [9.17, 15) is 9.18 Å². The minimum atomic E-state index is -0.598. The first kappa shape index (κ1) is 21.4. The zero-order valence-electron chi connectivity index (χ0n) is 12.9. The molecule has 0 aliphatic rings. The fourth-order valence-electron chi connectivity index (χ4n) is 2.03. The number of rotatable bonds is 5. The summed E-state index contributed by atoms with van der Waals surface area (Å²) in [6.45, 7) is 3.98. The number of hydrogen-bond acceptors (Lipinski definition) is 3. The van der Waals surface area contributed by atoms with Gasteiger partial charge in [0.25, 0.3) is 0 Å². The molecule has 1 heterocycles. The van der Waals surface area contributed by atoms with Gasteiger partial charge in [-0.25, -0.2) is 9.07 Å². The maximum Gasteiger partial charge on any atom is 0.241 e. The Morgan fingerprint density at radius 2 is 2.09 bits per heavy atom. The Morgan fingerprint density at radius 3 is 2.61 bits per heavy atom. The normalized spacial score (nSPS) is 11.3. The first-order valence-corrected chi connectivity index (χ1v) is 6.83. The highest BCUT2D eigenvalue weighted by molar-refractivity contribution is 5.94. The predicted octanol–water partition coefficient (Wildman–Crippen LogP) is 3.17. The predicted molar refractivity (Wildman–Crippen MR) is 94.1 cm³/mol. The number of hydrogen-bond donors (Lipinski definition) is 2. The second-order valence-electron chi connectivity index (χ2n) is 5.34. The van der Waals surface area contributed by atoms with Gasteiger partial charge in [-0.1, -0.05) is 13.8 Å². The first-order valence-electron chi connectivity index (χ1n) is 6.83. The molecule has 0 saturated carbocycles. The van der Waals surface area contributed by atoms with Crippen molar-refractivity contribution in [3.05, 3.63) is 42.5 Å². The topological polar surface area (TPSA) is 72.9 Å². The van der Waals surface area contributed by atoms with E-state index in [0.29, 0.717) is 23.7 Å². The Balaban J connectivity index is 0.00000242. The molecule has 3 N–H and O–H groups in total. The standard InChI is InChI=1S/C15H19FN4O.2ClH/c1-10(2)8-13(17)15(21)19-11-4-5-14(12(16)9-11)20-7-3-6-18-20;;/h3-7,9-10,13H,8,17H2,1-2H3,(H,19,21);2*1H/t13-;;/m0../s1. The van der Waals surface area contributed by atoms with Crippen LogP contribution < -0.4 is 11.1 Å². The number of nitrogens with zero attached hydrogens (tertiary/aromatic N) is 2. The molecule has 5 nitrogen and oxygen atoms in total. The van der Waals surface area contributed by atoms with Crippen LogP contribution in [-0.2, 0) is 4.79 Å². The minimum Gasteiger partial charge on any atom is -0.325 e. The van der Waals surface area contributed by atoms with Crippen molar-refractivity contribution < 1.29 is 9.18 Å². The van der Waals surface area contributed by atoms with Crippen LogP contribution in [0, 0.1) is 11.7 Å². The number of nitrogens with two attached hydrogens (primary N) is 1. The number of benzene rings is 1. The van der Waals surface area contributed by atoms with Crippen LogP contribution >= 0.6 is 24.8 Å². The molecule has 0 bridgehead atoms. The van der Waals surface area contributed by atoms with E-state index in [1.54, 1.807) is 30.6 Å². The third-order valence-electron chi connectivity index (χ3n) is 3.03. The summed E-state index contributed by atoms with van der Waals surface area (Å²) >= 11 is 0. The van der Waals surface area contributed by atoms with Crippen molar-refractivity contribution in [3.63, 3.8) is 0 Å². The van der Waals surface area contributed by atoms with Crippen molar-refractivity contribution in [1.82, 2.24) is 9.78 Å². The van der Waals surface area contributed by atoms with Gasteiger partial charge in [-0.15, -0.1) is 24.8 Å².